The monoisotopic (exact) mass is 301 g/mol. The normalized spacial score (nSPS) is 10.7. The first-order valence-electron chi connectivity index (χ1n) is 6.49. The number of ketones is 1. The summed E-state index contributed by atoms with van der Waals surface area (Å²) < 4.78 is 39.3. The van der Waals surface area contributed by atoms with E-state index in [1.807, 2.05) is 0 Å². The molecule has 3 aromatic rings. The zero-order chi connectivity index (χ0) is 15.7. The molecule has 0 radical (unpaired) electrons. The molecule has 3 rings (SSSR count). The molecule has 2 aromatic carbocycles. The number of hydrogen-bond donors (Lipinski definition) is 1. The highest BCUT2D eigenvalue weighted by Gasteiger charge is 2.17. The molecule has 0 fully saturated rings. The lowest BCUT2D eigenvalue weighted by Gasteiger charge is -2.05. The van der Waals surface area contributed by atoms with Gasteiger partial charge in [-0.25, -0.2) is 13.2 Å². The molecule has 0 aliphatic rings. The van der Waals surface area contributed by atoms with E-state index in [-0.39, 0.29) is 5.78 Å². The summed E-state index contributed by atoms with van der Waals surface area (Å²) in [6, 6.07) is 8.56. The average Bonchev–Trinajstić information content (AvgIpc) is 2.99. The highest BCUT2D eigenvalue weighted by molar-refractivity contribution is 6.12. The summed E-state index contributed by atoms with van der Waals surface area (Å²) in [6.45, 7) is 0. The van der Waals surface area contributed by atoms with Gasteiger partial charge in [0.2, 0.25) is 0 Å². The van der Waals surface area contributed by atoms with Crippen molar-refractivity contribution < 1.29 is 18.0 Å². The highest BCUT2D eigenvalue weighted by Crippen LogP contribution is 2.27. The Labute approximate surface area is 124 Å². The Morgan fingerprint density at radius 2 is 1.59 bits per heavy atom. The number of carbonyl (C=O) groups excluding carboxylic acids is 1. The Hall–Kier alpha value is -2.82. The van der Waals surface area contributed by atoms with E-state index in [9.17, 15) is 18.0 Å². The molecule has 0 unspecified atom stereocenters. The molecule has 2 nitrogen and oxygen atoms in total. The summed E-state index contributed by atoms with van der Waals surface area (Å²) in [7, 11) is 0. The zero-order valence-electron chi connectivity index (χ0n) is 11.2. The van der Waals surface area contributed by atoms with E-state index in [1.54, 1.807) is 0 Å². The second-order valence-electron chi connectivity index (χ2n) is 4.75. The van der Waals surface area contributed by atoms with E-state index in [1.165, 1.54) is 42.7 Å². The van der Waals surface area contributed by atoms with Crippen molar-refractivity contribution >= 4 is 5.78 Å². The third kappa shape index (κ3) is 2.53. The van der Waals surface area contributed by atoms with Crippen LogP contribution >= 0.6 is 0 Å². The average molecular weight is 301 g/mol. The van der Waals surface area contributed by atoms with Gasteiger partial charge >= 0.3 is 0 Å². The third-order valence-corrected chi connectivity index (χ3v) is 3.33. The van der Waals surface area contributed by atoms with Gasteiger partial charge in [0, 0.05) is 29.1 Å². The Morgan fingerprint density at radius 1 is 0.864 bits per heavy atom. The van der Waals surface area contributed by atoms with E-state index in [4.69, 9.17) is 0 Å². The van der Waals surface area contributed by atoms with Crippen LogP contribution in [0.25, 0.3) is 11.1 Å². The Bertz CT molecular complexity index is 837. The molecule has 0 spiro atoms. The van der Waals surface area contributed by atoms with Crippen LogP contribution in [-0.2, 0) is 0 Å². The summed E-state index contributed by atoms with van der Waals surface area (Å²) in [5.41, 5.74) is 1.45. The fraction of sp³-hybridized carbons (Fsp3) is 0. The highest BCUT2D eigenvalue weighted by atomic mass is 19.2. The van der Waals surface area contributed by atoms with E-state index in [2.05, 4.69) is 4.98 Å². The number of aromatic nitrogens is 1. The number of nitrogens with one attached hydrogen (secondary N) is 1. The maximum atomic E-state index is 13.4. The van der Waals surface area contributed by atoms with E-state index in [0.29, 0.717) is 22.3 Å². The van der Waals surface area contributed by atoms with Gasteiger partial charge < -0.3 is 4.98 Å². The second-order valence-corrected chi connectivity index (χ2v) is 4.75. The number of hydrogen-bond acceptors (Lipinski definition) is 1. The van der Waals surface area contributed by atoms with Crippen molar-refractivity contribution in [1.29, 1.82) is 0 Å². The molecule has 0 saturated heterocycles. The minimum Gasteiger partial charge on any atom is -0.366 e. The Kier molecular flexibility index (Phi) is 3.55. The van der Waals surface area contributed by atoms with Gasteiger partial charge in [-0.3, -0.25) is 4.79 Å². The van der Waals surface area contributed by atoms with Crippen molar-refractivity contribution in [2.45, 2.75) is 0 Å². The molecule has 0 amide bonds. The SMILES string of the molecule is O=C(c1ccc(F)cc1)c1c[nH]cc1-c1ccc(F)c(F)c1. The third-order valence-electron chi connectivity index (χ3n) is 3.33. The summed E-state index contributed by atoms with van der Waals surface area (Å²) in [5, 5.41) is 0. The van der Waals surface area contributed by atoms with Gasteiger partial charge in [0.15, 0.2) is 17.4 Å². The number of benzene rings is 2. The molecule has 0 aliphatic heterocycles. The number of H-pyrrole nitrogens is 1. The van der Waals surface area contributed by atoms with Crippen molar-refractivity contribution in [2.24, 2.45) is 0 Å². The topological polar surface area (TPSA) is 32.9 Å². The maximum absolute atomic E-state index is 13.4. The van der Waals surface area contributed by atoms with Crippen molar-refractivity contribution in [2.75, 3.05) is 0 Å². The molecule has 0 saturated carbocycles. The fourth-order valence-electron chi connectivity index (χ4n) is 2.21. The van der Waals surface area contributed by atoms with Gasteiger partial charge in [0.05, 0.1) is 0 Å². The van der Waals surface area contributed by atoms with E-state index < -0.39 is 17.5 Å². The van der Waals surface area contributed by atoms with Crippen molar-refractivity contribution in [3.8, 4) is 11.1 Å². The molecule has 5 heteroatoms. The largest absolute Gasteiger partial charge is 0.366 e. The predicted octanol–water partition coefficient (Wildman–Crippen LogP) is 4.33. The van der Waals surface area contributed by atoms with Crippen LogP contribution in [0, 0.1) is 17.5 Å². The first-order valence-corrected chi connectivity index (χ1v) is 6.49. The molecule has 0 atom stereocenters. The smallest absolute Gasteiger partial charge is 0.195 e. The van der Waals surface area contributed by atoms with Crippen molar-refractivity contribution in [3.05, 3.63) is 83.4 Å². The van der Waals surface area contributed by atoms with Gasteiger partial charge in [0.25, 0.3) is 0 Å². The summed E-state index contributed by atoms with van der Waals surface area (Å²) in [6.07, 6.45) is 3.01. The van der Waals surface area contributed by atoms with E-state index >= 15 is 0 Å². The van der Waals surface area contributed by atoms with Gasteiger partial charge in [0.1, 0.15) is 5.82 Å². The molecule has 1 aromatic heterocycles. The molecule has 0 bridgehead atoms. The second kappa shape index (κ2) is 5.52. The van der Waals surface area contributed by atoms with Crippen LogP contribution in [-0.4, -0.2) is 10.8 Å². The molecular weight excluding hydrogens is 291 g/mol. The lowest BCUT2D eigenvalue weighted by molar-refractivity contribution is 0.103. The number of rotatable bonds is 3. The molecule has 22 heavy (non-hydrogen) atoms. The van der Waals surface area contributed by atoms with Crippen molar-refractivity contribution in [3.63, 3.8) is 0 Å². The first-order chi connectivity index (χ1) is 10.6. The zero-order valence-corrected chi connectivity index (χ0v) is 11.2. The molecule has 1 N–H and O–H groups in total. The van der Waals surface area contributed by atoms with Gasteiger partial charge in [-0.1, -0.05) is 6.07 Å². The van der Waals surface area contributed by atoms with Crippen LogP contribution in [0.2, 0.25) is 0 Å². The Morgan fingerprint density at radius 3 is 2.27 bits per heavy atom. The van der Waals surface area contributed by atoms with Gasteiger partial charge in [-0.2, -0.15) is 0 Å². The molecule has 0 aliphatic carbocycles. The summed E-state index contributed by atoms with van der Waals surface area (Å²) >= 11 is 0. The van der Waals surface area contributed by atoms with Crippen LogP contribution in [0.3, 0.4) is 0 Å². The Balaban J connectivity index is 2.03. The van der Waals surface area contributed by atoms with Crippen molar-refractivity contribution in [1.82, 2.24) is 4.98 Å². The first kappa shape index (κ1) is 14.1. The number of halogens is 3. The lowest BCUT2D eigenvalue weighted by Crippen LogP contribution is -2.01. The minimum atomic E-state index is -0.987. The quantitative estimate of drug-likeness (QED) is 0.718. The molecular formula is C17H10F3NO. The van der Waals surface area contributed by atoms with Gasteiger partial charge in [-0.15, -0.1) is 0 Å². The van der Waals surface area contributed by atoms with Gasteiger partial charge in [-0.05, 0) is 42.0 Å². The van der Waals surface area contributed by atoms with Crippen LogP contribution in [0.15, 0.2) is 54.9 Å². The van der Waals surface area contributed by atoms with Crippen LogP contribution in [0.5, 0.6) is 0 Å². The van der Waals surface area contributed by atoms with E-state index in [0.717, 1.165) is 12.1 Å². The maximum Gasteiger partial charge on any atom is 0.195 e. The van der Waals surface area contributed by atoms with Crippen LogP contribution < -0.4 is 0 Å². The fourth-order valence-corrected chi connectivity index (χ4v) is 2.21. The number of carbonyl (C=O) groups is 1. The molecule has 110 valence electrons. The van der Waals surface area contributed by atoms with Crippen LogP contribution in [0.1, 0.15) is 15.9 Å². The number of aromatic amines is 1. The lowest BCUT2D eigenvalue weighted by atomic mass is 9.98. The standard InChI is InChI=1S/C17H10F3NO/c18-12-4-1-10(2-5-12)17(22)14-9-21-8-13(14)11-3-6-15(19)16(20)7-11/h1-9,21H. The predicted molar refractivity (Wildman–Crippen MR) is 76.0 cm³/mol. The minimum absolute atomic E-state index is 0.303. The summed E-state index contributed by atoms with van der Waals surface area (Å²) in [5.74, 6) is -2.71. The summed E-state index contributed by atoms with van der Waals surface area (Å²) in [4.78, 5) is 15.2. The van der Waals surface area contributed by atoms with Crippen LogP contribution in [0.4, 0.5) is 13.2 Å². The molecule has 1 heterocycles.